The summed E-state index contributed by atoms with van der Waals surface area (Å²) in [6.45, 7) is 4.16. The number of hydrogen-bond acceptors (Lipinski definition) is 4. The minimum absolute atomic E-state index is 0.0975. The Morgan fingerprint density at radius 1 is 1.45 bits per heavy atom. The highest BCUT2D eigenvalue weighted by molar-refractivity contribution is 6.33. The molecule has 0 saturated carbocycles. The monoisotopic (exact) mass is 322 g/mol. The number of carbonyl (C=O) groups is 1. The van der Waals surface area contributed by atoms with Gasteiger partial charge in [0.2, 0.25) is 0 Å². The number of aromatic nitrogens is 2. The number of halogens is 1. The minimum atomic E-state index is -0.272. The highest BCUT2D eigenvalue weighted by Crippen LogP contribution is 2.29. The first kappa shape index (κ1) is 16.3. The molecule has 0 aromatic carbocycles. The first-order chi connectivity index (χ1) is 10.5. The van der Waals surface area contributed by atoms with Crippen LogP contribution < -0.4 is 10.6 Å². The van der Waals surface area contributed by atoms with E-state index in [1.165, 1.54) is 0 Å². The molecular weight excluding hydrogens is 304 g/mol. The van der Waals surface area contributed by atoms with Crippen molar-refractivity contribution in [3.8, 4) is 11.1 Å². The van der Waals surface area contributed by atoms with E-state index in [9.17, 15) is 4.79 Å². The summed E-state index contributed by atoms with van der Waals surface area (Å²) in [4.78, 5) is 19.0. The molecule has 0 spiro atoms. The fourth-order valence-electron chi connectivity index (χ4n) is 1.98. The Hall–Kier alpha value is -2.05. The Bertz CT molecular complexity index is 655. The second kappa shape index (κ2) is 7.29. The smallest absolute Gasteiger partial charge is 0.267 e. The van der Waals surface area contributed by atoms with E-state index in [-0.39, 0.29) is 25.1 Å². The number of pyridine rings is 1. The highest BCUT2D eigenvalue weighted by atomic mass is 35.5. The van der Waals surface area contributed by atoms with Gasteiger partial charge < -0.3 is 20.7 Å². The van der Waals surface area contributed by atoms with E-state index in [1.807, 2.05) is 19.9 Å². The van der Waals surface area contributed by atoms with Crippen LogP contribution in [0.4, 0.5) is 5.82 Å². The van der Waals surface area contributed by atoms with Crippen LogP contribution in [0.15, 0.2) is 24.5 Å². The van der Waals surface area contributed by atoms with Crippen LogP contribution in [0, 0.1) is 0 Å². The van der Waals surface area contributed by atoms with Crippen LogP contribution in [0.2, 0.25) is 5.02 Å². The maximum absolute atomic E-state index is 11.8. The Morgan fingerprint density at radius 3 is 2.91 bits per heavy atom. The van der Waals surface area contributed by atoms with Crippen LogP contribution in [-0.4, -0.2) is 40.2 Å². The topological polar surface area (TPSA) is 90.0 Å². The van der Waals surface area contributed by atoms with E-state index in [1.54, 1.807) is 18.5 Å². The number of nitrogens with one attached hydrogen (secondary N) is 3. The third-order valence-electron chi connectivity index (χ3n) is 2.93. The Balaban J connectivity index is 2.24. The van der Waals surface area contributed by atoms with Crippen molar-refractivity contribution in [1.82, 2.24) is 15.3 Å². The largest absolute Gasteiger partial charge is 0.395 e. The van der Waals surface area contributed by atoms with Crippen molar-refractivity contribution in [2.45, 2.75) is 19.9 Å². The molecule has 4 N–H and O–H groups in total. The van der Waals surface area contributed by atoms with Crippen molar-refractivity contribution in [3.05, 3.63) is 35.2 Å². The molecule has 6 nitrogen and oxygen atoms in total. The Morgan fingerprint density at radius 2 is 2.23 bits per heavy atom. The van der Waals surface area contributed by atoms with Crippen molar-refractivity contribution < 1.29 is 9.90 Å². The zero-order valence-corrected chi connectivity index (χ0v) is 13.2. The molecule has 0 saturated heterocycles. The molecule has 2 rings (SSSR count). The molecule has 0 radical (unpaired) electrons. The number of anilines is 1. The van der Waals surface area contributed by atoms with Gasteiger partial charge in [-0.3, -0.25) is 4.79 Å². The molecule has 2 heterocycles. The van der Waals surface area contributed by atoms with Crippen LogP contribution in [0.1, 0.15) is 24.3 Å². The lowest BCUT2D eigenvalue weighted by Crippen LogP contribution is -2.26. The zero-order chi connectivity index (χ0) is 16.1. The molecule has 0 atom stereocenters. The first-order valence-corrected chi connectivity index (χ1v) is 7.39. The van der Waals surface area contributed by atoms with Crippen molar-refractivity contribution in [2.75, 3.05) is 18.5 Å². The van der Waals surface area contributed by atoms with Crippen LogP contribution in [0.3, 0.4) is 0 Å². The average Bonchev–Trinajstić information content (AvgIpc) is 2.96. The van der Waals surface area contributed by atoms with Crippen LogP contribution in [0.25, 0.3) is 11.1 Å². The average molecular weight is 323 g/mol. The first-order valence-electron chi connectivity index (χ1n) is 7.01. The molecule has 22 heavy (non-hydrogen) atoms. The number of hydrogen-bond donors (Lipinski definition) is 4. The lowest BCUT2D eigenvalue weighted by Gasteiger charge is -2.10. The number of rotatable bonds is 6. The Kier molecular flexibility index (Phi) is 5.41. The third kappa shape index (κ3) is 3.99. The van der Waals surface area contributed by atoms with E-state index >= 15 is 0 Å². The molecule has 2 aromatic rings. The van der Waals surface area contributed by atoms with Crippen LogP contribution in [-0.2, 0) is 0 Å². The molecule has 0 aliphatic carbocycles. The van der Waals surface area contributed by atoms with E-state index in [4.69, 9.17) is 16.7 Å². The summed E-state index contributed by atoms with van der Waals surface area (Å²) in [7, 11) is 0. The lowest BCUT2D eigenvalue weighted by atomic mass is 10.1. The number of aromatic amines is 1. The van der Waals surface area contributed by atoms with E-state index in [0.29, 0.717) is 10.7 Å². The van der Waals surface area contributed by atoms with Crippen molar-refractivity contribution in [2.24, 2.45) is 0 Å². The second-order valence-electron chi connectivity index (χ2n) is 5.13. The molecule has 0 bridgehead atoms. The molecule has 7 heteroatoms. The highest BCUT2D eigenvalue weighted by Gasteiger charge is 2.12. The molecule has 2 aromatic heterocycles. The van der Waals surface area contributed by atoms with E-state index in [0.717, 1.165) is 16.9 Å². The van der Waals surface area contributed by atoms with Gasteiger partial charge in [-0.2, -0.15) is 0 Å². The predicted molar refractivity (Wildman–Crippen MR) is 87.2 cm³/mol. The van der Waals surface area contributed by atoms with E-state index in [2.05, 4.69) is 20.6 Å². The van der Waals surface area contributed by atoms with Crippen LogP contribution >= 0.6 is 11.6 Å². The van der Waals surface area contributed by atoms with Gasteiger partial charge in [-0.05, 0) is 26.0 Å². The van der Waals surface area contributed by atoms with Crippen LogP contribution in [0.5, 0.6) is 0 Å². The quantitative estimate of drug-likeness (QED) is 0.656. The summed E-state index contributed by atoms with van der Waals surface area (Å²) in [5.41, 5.74) is 2.00. The van der Waals surface area contributed by atoms with Crippen molar-refractivity contribution >= 4 is 23.3 Å². The normalized spacial score (nSPS) is 10.8. The van der Waals surface area contributed by atoms with Gasteiger partial charge in [-0.1, -0.05) is 11.6 Å². The van der Waals surface area contributed by atoms with Gasteiger partial charge in [0.25, 0.3) is 5.91 Å². The van der Waals surface area contributed by atoms with Gasteiger partial charge >= 0.3 is 0 Å². The lowest BCUT2D eigenvalue weighted by molar-refractivity contribution is 0.0940. The fraction of sp³-hybridized carbons (Fsp3) is 0.333. The molecule has 1 amide bonds. The number of H-pyrrole nitrogens is 1. The predicted octanol–water partition coefficient (Wildman–Crippen LogP) is 2.27. The summed E-state index contributed by atoms with van der Waals surface area (Å²) in [5.74, 6) is 0.452. The molecule has 0 unspecified atom stereocenters. The number of amides is 1. The SMILES string of the molecule is CC(C)Nc1cc(-c2c[nH]c(C(=O)NCCO)c2)c(Cl)cn1. The molecule has 0 fully saturated rings. The molecular formula is C15H19ClN4O2. The van der Waals surface area contributed by atoms with Gasteiger partial charge in [0.15, 0.2) is 0 Å². The number of carbonyl (C=O) groups excluding carboxylic acids is 1. The van der Waals surface area contributed by atoms with Gasteiger partial charge in [0, 0.05) is 36.1 Å². The van der Waals surface area contributed by atoms with Crippen molar-refractivity contribution in [3.63, 3.8) is 0 Å². The second-order valence-corrected chi connectivity index (χ2v) is 5.54. The maximum atomic E-state index is 11.8. The summed E-state index contributed by atoms with van der Waals surface area (Å²) < 4.78 is 0. The summed E-state index contributed by atoms with van der Waals surface area (Å²) in [6, 6.07) is 3.82. The summed E-state index contributed by atoms with van der Waals surface area (Å²) >= 11 is 6.20. The standard InChI is InChI=1S/C15H19ClN4O2/c1-9(2)20-14-6-11(12(16)8-19-14)10-5-13(18-7-10)15(22)17-3-4-21/h5-9,18,21H,3-4H2,1-2H3,(H,17,22)(H,19,20). The Labute approximate surface area is 133 Å². The van der Waals surface area contributed by atoms with Gasteiger partial charge in [-0.15, -0.1) is 0 Å². The van der Waals surface area contributed by atoms with Crippen molar-refractivity contribution in [1.29, 1.82) is 0 Å². The third-order valence-corrected chi connectivity index (χ3v) is 3.23. The number of nitrogens with zero attached hydrogens (tertiary/aromatic N) is 1. The van der Waals surface area contributed by atoms with E-state index < -0.39 is 0 Å². The molecule has 0 aliphatic rings. The number of aliphatic hydroxyl groups is 1. The summed E-state index contributed by atoms with van der Waals surface area (Å²) in [6.07, 6.45) is 3.30. The van der Waals surface area contributed by atoms with Gasteiger partial charge in [0.1, 0.15) is 11.5 Å². The van der Waals surface area contributed by atoms with Gasteiger partial charge in [-0.25, -0.2) is 4.98 Å². The molecule has 118 valence electrons. The minimum Gasteiger partial charge on any atom is -0.395 e. The zero-order valence-electron chi connectivity index (χ0n) is 12.5. The fourth-order valence-corrected chi connectivity index (χ4v) is 2.19. The number of aliphatic hydroxyl groups excluding tert-OH is 1. The summed E-state index contributed by atoms with van der Waals surface area (Å²) in [5, 5.41) is 15.0. The molecule has 0 aliphatic heterocycles. The maximum Gasteiger partial charge on any atom is 0.267 e. The van der Waals surface area contributed by atoms with Gasteiger partial charge in [0.05, 0.1) is 11.6 Å².